The van der Waals surface area contributed by atoms with E-state index in [0.717, 1.165) is 25.1 Å². The Balaban J connectivity index is 0.00000240. The number of halogens is 4. The summed E-state index contributed by atoms with van der Waals surface area (Å²) in [6, 6.07) is 20.7. The van der Waals surface area contributed by atoms with Crippen molar-refractivity contribution in [3.63, 3.8) is 0 Å². The Labute approximate surface area is 175 Å². The average Bonchev–Trinajstić information content (AvgIpc) is 2.72. The first-order valence-corrected chi connectivity index (χ1v) is 9.56. The van der Waals surface area contributed by atoms with Crippen LogP contribution in [-0.2, 0) is 12.6 Å². The molecule has 152 valence electrons. The molecule has 29 heavy (non-hydrogen) atoms. The molecule has 1 heterocycles. The van der Waals surface area contributed by atoms with Crippen LogP contribution >= 0.6 is 12.4 Å². The van der Waals surface area contributed by atoms with Crippen LogP contribution in [0.15, 0.2) is 72.8 Å². The summed E-state index contributed by atoms with van der Waals surface area (Å²) in [6.45, 7) is 2.38. The molecule has 0 spiro atoms. The summed E-state index contributed by atoms with van der Waals surface area (Å²) in [6.07, 6.45) is -0.781. The average molecular weight is 418 g/mol. The predicted molar refractivity (Wildman–Crippen MR) is 115 cm³/mol. The van der Waals surface area contributed by atoms with Gasteiger partial charge in [-0.2, -0.15) is 13.2 Å². The van der Waals surface area contributed by atoms with Crippen LogP contribution < -0.4 is 0 Å². The van der Waals surface area contributed by atoms with Crippen molar-refractivity contribution in [2.24, 2.45) is 0 Å². The van der Waals surface area contributed by atoms with Gasteiger partial charge in [-0.1, -0.05) is 66.7 Å². The number of hydrogen-bond acceptors (Lipinski definition) is 1. The third-order valence-electron chi connectivity index (χ3n) is 5.40. The standard InChI is InChI=1S/C24H22F3N.ClH/c25-24(26,27)23-8-4-3-7-22(23)20-12-15-28(16-13-20)14-11-18-9-10-19-5-1-2-6-21(19)17-18;/h1-10,12,17H,11,13-16H2;1H. The van der Waals surface area contributed by atoms with E-state index < -0.39 is 11.7 Å². The minimum absolute atomic E-state index is 0. The van der Waals surface area contributed by atoms with Crippen molar-refractivity contribution in [1.82, 2.24) is 4.90 Å². The summed E-state index contributed by atoms with van der Waals surface area (Å²) in [5, 5.41) is 2.48. The first-order valence-electron chi connectivity index (χ1n) is 9.56. The van der Waals surface area contributed by atoms with Gasteiger partial charge in [0.05, 0.1) is 5.56 Å². The van der Waals surface area contributed by atoms with Crippen molar-refractivity contribution in [2.75, 3.05) is 19.6 Å². The van der Waals surface area contributed by atoms with E-state index in [1.165, 1.54) is 28.5 Å². The van der Waals surface area contributed by atoms with Crippen molar-refractivity contribution in [2.45, 2.75) is 19.0 Å². The molecule has 0 aliphatic carbocycles. The molecular weight excluding hydrogens is 395 g/mol. The van der Waals surface area contributed by atoms with Crippen molar-refractivity contribution < 1.29 is 13.2 Å². The molecule has 0 atom stereocenters. The zero-order chi connectivity index (χ0) is 19.6. The molecule has 0 aromatic heterocycles. The lowest BCUT2D eigenvalue weighted by atomic mass is 9.94. The van der Waals surface area contributed by atoms with E-state index in [-0.39, 0.29) is 12.4 Å². The summed E-state index contributed by atoms with van der Waals surface area (Å²) in [5.41, 5.74) is 1.88. The maximum absolute atomic E-state index is 13.3. The number of benzene rings is 3. The van der Waals surface area contributed by atoms with Gasteiger partial charge < -0.3 is 0 Å². The first-order chi connectivity index (χ1) is 13.5. The molecule has 0 N–H and O–H groups in total. The monoisotopic (exact) mass is 417 g/mol. The van der Waals surface area contributed by atoms with Crippen LogP contribution in [-0.4, -0.2) is 24.5 Å². The maximum atomic E-state index is 13.3. The Bertz CT molecular complexity index is 1010. The number of hydrogen-bond donors (Lipinski definition) is 0. The van der Waals surface area contributed by atoms with Crippen LogP contribution in [0.3, 0.4) is 0 Å². The quantitative estimate of drug-likeness (QED) is 0.461. The lowest BCUT2D eigenvalue weighted by Crippen LogP contribution is -2.30. The summed E-state index contributed by atoms with van der Waals surface area (Å²) < 4.78 is 39.8. The Kier molecular flexibility index (Phi) is 6.66. The summed E-state index contributed by atoms with van der Waals surface area (Å²) >= 11 is 0. The highest BCUT2D eigenvalue weighted by molar-refractivity contribution is 5.85. The van der Waals surface area contributed by atoms with E-state index >= 15 is 0 Å². The van der Waals surface area contributed by atoms with Crippen LogP contribution in [0.1, 0.15) is 23.1 Å². The zero-order valence-electron chi connectivity index (χ0n) is 16.0. The Morgan fingerprint density at radius 1 is 0.862 bits per heavy atom. The molecule has 0 saturated heterocycles. The number of fused-ring (bicyclic) bond motifs is 1. The van der Waals surface area contributed by atoms with Gasteiger partial charge in [0.2, 0.25) is 0 Å². The minimum atomic E-state index is -4.31. The van der Waals surface area contributed by atoms with Gasteiger partial charge in [0.1, 0.15) is 0 Å². The molecule has 0 bridgehead atoms. The van der Waals surface area contributed by atoms with Crippen molar-refractivity contribution >= 4 is 28.8 Å². The normalized spacial score (nSPS) is 15.1. The van der Waals surface area contributed by atoms with E-state index in [1.807, 2.05) is 18.2 Å². The van der Waals surface area contributed by atoms with Crippen LogP contribution in [0, 0.1) is 0 Å². The molecule has 4 rings (SSSR count). The smallest absolute Gasteiger partial charge is 0.299 e. The highest BCUT2D eigenvalue weighted by atomic mass is 35.5. The highest BCUT2D eigenvalue weighted by Crippen LogP contribution is 2.36. The predicted octanol–water partition coefficient (Wildman–Crippen LogP) is 6.61. The summed E-state index contributed by atoms with van der Waals surface area (Å²) in [5.74, 6) is 0. The van der Waals surface area contributed by atoms with Crippen molar-refractivity contribution in [1.29, 1.82) is 0 Å². The Hall–Kier alpha value is -2.30. The molecule has 0 radical (unpaired) electrons. The minimum Gasteiger partial charge on any atom is -0.299 e. The molecule has 5 heteroatoms. The van der Waals surface area contributed by atoms with Gasteiger partial charge in [0.15, 0.2) is 0 Å². The van der Waals surface area contributed by atoms with Gasteiger partial charge in [-0.15, -0.1) is 12.4 Å². The molecule has 3 aromatic rings. The first kappa shape index (κ1) is 21.4. The van der Waals surface area contributed by atoms with Crippen LogP contribution in [0.4, 0.5) is 13.2 Å². The molecular formula is C24H23ClF3N. The van der Waals surface area contributed by atoms with E-state index in [9.17, 15) is 13.2 Å². The van der Waals surface area contributed by atoms with Gasteiger partial charge in [-0.05, 0) is 46.4 Å². The molecule has 0 saturated carbocycles. The molecule has 0 unspecified atom stereocenters. The molecule has 0 amide bonds. The molecule has 1 nitrogen and oxygen atoms in total. The second kappa shape index (κ2) is 9.02. The van der Waals surface area contributed by atoms with Crippen LogP contribution in [0.25, 0.3) is 16.3 Å². The Morgan fingerprint density at radius 2 is 1.59 bits per heavy atom. The molecule has 0 fully saturated rings. The fourth-order valence-corrected chi connectivity index (χ4v) is 3.85. The third-order valence-corrected chi connectivity index (χ3v) is 5.40. The van der Waals surface area contributed by atoms with E-state index in [0.29, 0.717) is 18.5 Å². The fraction of sp³-hybridized carbons (Fsp3) is 0.250. The van der Waals surface area contributed by atoms with Crippen molar-refractivity contribution in [3.05, 3.63) is 89.5 Å². The second-order valence-electron chi connectivity index (χ2n) is 7.25. The lowest BCUT2D eigenvalue weighted by Gasteiger charge is -2.27. The lowest BCUT2D eigenvalue weighted by molar-refractivity contribution is -0.137. The third kappa shape index (κ3) is 5.01. The highest BCUT2D eigenvalue weighted by Gasteiger charge is 2.34. The van der Waals surface area contributed by atoms with Crippen LogP contribution in [0.5, 0.6) is 0 Å². The molecule has 1 aliphatic heterocycles. The van der Waals surface area contributed by atoms with Gasteiger partial charge in [0, 0.05) is 19.6 Å². The van der Waals surface area contributed by atoms with Gasteiger partial charge >= 0.3 is 6.18 Å². The topological polar surface area (TPSA) is 3.24 Å². The van der Waals surface area contributed by atoms with Crippen LogP contribution in [0.2, 0.25) is 0 Å². The SMILES string of the molecule is Cl.FC(F)(F)c1ccccc1C1=CCN(CCc2ccc3ccccc3c2)CC1. The van der Waals surface area contributed by atoms with Gasteiger partial charge in [-0.25, -0.2) is 0 Å². The maximum Gasteiger partial charge on any atom is 0.416 e. The van der Waals surface area contributed by atoms with Crippen molar-refractivity contribution in [3.8, 4) is 0 Å². The second-order valence-corrected chi connectivity index (χ2v) is 7.25. The fourth-order valence-electron chi connectivity index (χ4n) is 3.85. The summed E-state index contributed by atoms with van der Waals surface area (Å²) in [4.78, 5) is 2.30. The number of nitrogens with zero attached hydrogens (tertiary/aromatic N) is 1. The van der Waals surface area contributed by atoms with Gasteiger partial charge in [-0.3, -0.25) is 4.90 Å². The molecule has 1 aliphatic rings. The number of alkyl halides is 3. The Morgan fingerprint density at radius 3 is 2.31 bits per heavy atom. The van der Waals surface area contributed by atoms with Gasteiger partial charge in [0.25, 0.3) is 0 Å². The van der Waals surface area contributed by atoms with E-state index in [4.69, 9.17) is 0 Å². The zero-order valence-corrected chi connectivity index (χ0v) is 16.8. The van der Waals surface area contributed by atoms with E-state index in [2.05, 4.69) is 35.2 Å². The summed E-state index contributed by atoms with van der Waals surface area (Å²) in [7, 11) is 0. The number of rotatable bonds is 4. The largest absolute Gasteiger partial charge is 0.416 e. The molecule has 3 aromatic carbocycles. The van der Waals surface area contributed by atoms with E-state index in [1.54, 1.807) is 12.1 Å².